The number of ether oxygens (including phenoxy) is 2. The van der Waals surface area contributed by atoms with Crippen LogP contribution in [0.25, 0.3) is 0 Å². The molecule has 0 N–H and O–H groups in total. The Hall–Kier alpha value is -2.10. The highest BCUT2D eigenvalue weighted by molar-refractivity contribution is 5.82. The normalized spacial score (nSPS) is 13.1. The first kappa shape index (κ1) is 27.9. The van der Waals surface area contributed by atoms with Crippen molar-refractivity contribution in [2.24, 2.45) is 10.8 Å². The van der Waals surface area contributed by atoms with Crippen LogP contribution >= 0.6 is 0 Å². The first-order valence-corrected chi connectivity index (χ1v) is 11.2. The molecule has 0 aromatic carbocycles. The minimum absolute atomic E-state index is 0.147. The highest BCUT2D eigenvalue weighted by Crippen LogP contribution is 2.21. The molecular weight excluding hydrogens is 376 g/mol. The van der Waals surface area contributed by atoms with Crippen molar-refractivity contribution >= 4 is 11.9 Å². The average molecular weight is 419 g/mol. The Labute approximate surface area is 184 Å². The van der Waals surface area contributed by atoms with E-state index in [-0.39, 0.29) is 22.8 Å². The van der Waals surface area contributed by atoms with Crippen molar-refractivity contribution in [1.82, 2.24) is 0 Å². The summed E-state index contributed by atoms with van der Waals surface area (Å²) < 4.78 is 9.82. The number of carbonyl (C=O) groups excluding carboxylic acids is 2. The molecule has 0 aromatic rings. The molecule has 0 unspecified atom stereocenters. The Morgan fingerprint density at radius 1 is 0.633 bits per heavy atom. The molecule has 0 spiro atoms. The summed E-state index contributed by atoms with van der Waals surface area (Å²) in [5.74, 6) is -0.571. The van der Waals surface area contributed by atoms with Gasteiger partial charge >= 0.3 is 11.9 Å². The largest absolute Gasteiger partial charge is 0.463 e. The Morgan fingerprint density at radius 3 is 1.33 bits per heavy atom. The third kappa shape index (κ3) is 16.8. The molecule has 0 atom stereocenters. The SMILES string of the molecule is CCOC(=O)C=CC(C)(C)C=CCCCCCCC=CC(C)(C)C=CC(=O)OCC. The molecule has 0 aliphatic carbocycles. The summed E-state index contributed by atoms with van der Waals surface area (Å²) in [6.07, 6.45) is 22.4. The molecule has 0 saturated heterocycles. The summed E-state index contributed by atoms with van der Waals surface area (Å²) in [5.41, 5.74) is -0.293. The molecule has 0 radical (unpaired) electrons. The van der Waals surface area contributed by atoms with Crippen LogP contribution < -0.4 is 0 Å². The summed E-state index contributed by atoms with van der Waals surface area (Å²) in [5, 5.41) is 0. The smallest absolute Gasteiger partial charge is 0.330 e. The molecular formula is C26H42O4. The van der Waals surface area contributed by atoms with Gasteiger partial charge in [-0.3, -0.25) is 0 Å². The van der Waals surface area contributed by atoms with Crippen molar-refractivity contribution in [2.75, 3.05) is 13.2 Å². The molecule has 0 saturated carbocycles. The van der Waals surface area contributed by atoms with E-state index >= 15 is 0 Å². The third-order valence-corrected chi connectivity index (χ3v) is 4.46. The first-order chi connectivity index (χ1) is 14.1. The van der Waals surface area contributed by atoms with Crippen LogP contribution in [0.5, 0.6) is 0 Å². The van der Waals surface area contributed by atoms with Crippen LogP contribution in [0.15, 0.2) is 48.6 Å². The Balaban J connectivity index is 3.99. The molecule has 4 nitrogen and oxygen atoms in total. The third-order valence-electron chi connectivity index (χ3n) is 4.46. The number of carbonyl (C=O) groups is 2. The second-order valence-corrected chi connectivity index (χ2v) is 8.61. The minimum atomic E-state index is -0.286. The van der Waals surface area contributed by atoms with E-state index in [1.165, 1.54) is 37.8 Å². The Morgan fingerprint density at radius 2 is 1.00 bits per heavy atom. The van der Waals surface area contributed by atoms with Crippen LogP contribution in [0.1, 0.15) is 80.1 Å². The summed E-state index contributed by atoms with van der Waals surface area (Å²) in [6.45, 7) is 12.7. The predicted octanol–water partition coefficient (Wildman–Crippen LogP) is 6.73. The summed E-state index contributed by atoms with van der Waals surface area (Å²) in [4.78, 5) is 22.8. The van der Waals surface area contributed by atoms with E-state index in [4.69, 9.17) is 9.47 Å². The van der Waals surface area contributed by atoms with E-state index < -0.39 is 0 Å². The average Bonchev–Trinajstić information content (AvgIpc) is 2.67. The Kier molecular flexibility index (Phi) is 14.6. The predicted molar refractivity (Wildman–Crippen MR) is 125 cm³/mol. The van der Waals surface area contributed by atoms with Crippen molar-refractivity contribution in [3.8, 4) is 0 Å². The van der Waals surface area contributed by atoms with Crippen LogP contribution in [0.4, 0.5) is 0 Å². The minimum Gasteiger partial charge on any atom is -0.463 e. The van der Waals surface area contributed by atoms with Crippen molar-refractivity contribution in [1.29, 1.82) is 0 Å². The van der Waals surface area contributed by atoms with Gasteiger partial charge in [-0.15, -0.1) is 0 Å². The van der Waals surface area contributed by atoms with Gasteiger partial charge in [0.25, 0.3) is 0 Å². The summed E-state index contributed by atoms with van der Waals surface area (Å²) in [7, 11) is 0. The summed E-state index contributed by atoms with van der Waals surface area (Å²) in [6, 6.07) is 0. The lowest BCUT2D eigenvalue weighted by atomic mass is 9.91. The highest BCUT2D eigenvalue weighted by Gasteiger charge is 2.10. The fourth-order valence-electron chi connectivity index (χ4n) is 2.71. The van der Waals surface area contributed by atoms with Gasteiger partial charge in [0.1, 0.15) is 0 Å². The number of hydrogen-bond acceptors (Lipinski definition) is 4. The van der Waals surface area contributed by atoms with Gasteiger partial charge in [0.2, 0.25) is 0 Å². The van der Waals surface area contributed by atoms with Gasteiger partial charge in [-0.25, -0.2) is 9.59 Å². The van der Waals surface area contributed by atoms with Gasteiger partial charge in [-0.2, -0.15) is 0 Å². The van der Waals surface area contributed by atoms with Crippen molar-refractivity contribution in [3.63, 3.8) is 0 Å². The van der Waals surface area contributed by atoms with E-state index in [1.807, 2.05) is 12.2 Å². The number of hydrogen-bond donors (Lipinski definition) is 0. The molecule has 30 heavy (non-hydrogen) atoms. The highest BCUT2D eigenvalue weighted by atomic mass is 16.5. The number of rotatable bonds is 15. The molecule has 0 heterocycles. The first-order valence-electron chi connectivity index (χ1n) is 11.2. The van der Waals surface area contributed by atoms with Crippen molar-refractivity contribution < 1.29 is 19.1 Å². The van der Waals surface area contributed by atoms with Gasteiger partial charge in [0.05, 0.1) is 13.2 Å². The molecule has 0 fully saturated rings. The van der Waals surface area contributed by atoms with Gasteiger partial charge in [-0.05, 0) is 39.5 Å². The van der Waals surface area contributed by atoms with Gasteiger partial charge in [0, 0.05) is 23.0 Å². The van der Waals surface area contributed by atoms with Gasteiger partial charge in [-0.1, -0.05) is 77.0 Å². The lowest BCUT2D eigenvalue weighted by molar-refractivity contribution is -0.138. The van der Waals surface area contributed by atoms with Gasteiger partial charge in [0.15, 0.2) is 0 Å². The van der Waals surface area contributed by atoms with E-state index in [9.17, 15) is 9.59 Å². The maximum absolute atomic E-state index is 11.4. The molecule has 0 bridgehead atoms. The topological polar surface area (TPSA) is 52.6 Å². The zero-order chi connectivity index (χ0) is 22.9. The maximum atomic E-state index is 11.4. The maximum Gasteiger partial charge on any atom is 0.330 e. The molecule has 170 valence electrons. The van der Waals surface area contributed by atoms with Crippen molar-refractivity contribution in [3.05, 3.63) is 48.6 Å². The molecule has 0 rings (SSSR count). The summed E-state index contributed by atoms with van der Waals surface area (Å²) >= 11 is 0. The van der Waals surface area contributed by atoms with E-state index in [0.717, 1.165) is 12.8 Å². The molecule has 0 amide bonds. The zero-order valence-electron chi connectivity index (χ0n) is 19.9. The van der Waals surface area contributed by atoms with E-state index in [0.29, 0.717) is 13.2 Å². The number of esters is 2. The molecule has 0 aliphatic rings. The fraction of sp³-hybridized carbons (Fsp3) is 0.615. The van der Waals surface area contributed by atoms with Crippen LogP contribution in [0.2, 0.25) is 0 Å². The van der Waals surface area contributed by atoms with Crippen LogP contribution in [-0.4, -0.2) is 25.2 Å². The van der Waals surface area contributed by atoms with E-state index in [1.54, 1.807) is 13.8 Å². The van der Waals surface area contributed by atoms with E-state index in [2.05, 4.69) is 52.0 Å². The fourth-order valence-corrected chi connectivity index (χ4v) is 2.71. The van der Waals surface area contributed by atoms with Crippen molar-refractivity contribution in [2.45, 2.75) is 80.1 Å². The number of unbranched alkanes of at least 4 members (excludes halogenated alkanes) is 5. The molecule has 0 aliphatic heterocycles. The quantitative estimate of drug-likeness (QED) is 0.128. The molecule has 0 aromatic heterocycles. The number of allylic oxidation sites excluding steroid dienone is 6. The van der Waals surface area contributed by atoms with Gasteiger partial charge < -0.3 is 9.47 Å². The lowest BCUT2D eigenvalue weighted by Crippen LogP contribution is -2.06. The second-order valence-electron chi connectivity index (χ2n) is 8.61. The zero-order valence-corrected chi connectivity index (χ0v) is 19.9. The lowest BCUT2D eigenvalue weighted by Gasteiger charge is -2.14. The van der Waals surface area contributed by atoms with Crippen LogP contribution in [-0.2, 0) is 19.1 Å². The van der Waals surface area contributed by atoms with Crippen LogP contribution in [0, 0.1) is 10.8 Å². The molecule has 4 heteroatoms. The standard InChI is InChI=1S/C26H42O4/c1-7-29-23(27)17-21-25(3,4)19-15-13-11-9-10-12-14-16-20-26(5,6)22-18-24(28)30-8-2/h15-22H,7-14H2,1-6H3. The monoisotopic (exact) mass is 418 g/mol. The second kappa shape index (κ2) is 15.7. The van der Waals surface area contributed by atoms with Crippen LogP contribution in [0.3, 0.4) is 0 Å². The Bertz CT molecular complexity index is 553.